The monoisotopic (exact) mass is 204 g/mol. The molecule has 15 heavy (non-hydrogen) atoms. The summed E-state index contributed by atoms with van der Waals surface area (Å²) in [6, 6.07) is 7.83. The largest absolute Gasteiger partial charge is 0.476 e. The van der Waals surface area contributed by atoms with Crippen molar-refractivity contribution >= 4 is 0 Å². The third-order valence-corrected chi connectivity index (χ3v) is 2.21. The van der Waals surface area contributed by atoms with Gasteiger partial charge in [-0.1, -0.05) is 12.1 Å². The van der Waals surface area contributed by atoms with Crippen LogP contribution in [-0.4, -0.2) is 6.10 Å². The molecule has 3 nitrogen and oxygen atoms in total. The Balaban J connectivity index is 2.89. The van der Waals surface area contributed by atoms with E-state index in [-0.39, 0.29) is 6.04 Å². The molecule has 3 heteroatoms. The van der Waals surface area contributed by atoms with E-state index in [1.807, 2.05) is 38.1 Å². The standard InChI is InChI=1S/C12H16N2O/c1-8-6-11(10(3)14)4-5-12(8)15-9(2)7-13/h4-6,9-10H,14H2,1-3H3/t9?,10-/m1/s1. The Morgan fingerprint density at radius 3 is 2.53 bits per heavy atom. The quantitative estimate of drug-likeness (QED) is 0.821. The summed E-state index contributed by atoms with van der Waals surface area (Å²) in [6.07, 6.45) is -0.426. The van der Waals surface area contributed by atoms with Crippen LogP contribution >= 0.6 is 0 Å². The van der Waals surface area contributed by atoms with Crippen LogP contribution < -0.4 is 10.5 Å². The molecule has 0 saturated heterocycles. The van der Waals surface area contributed by atoms with Crippen LogP contribution in [0.2, 0.25) is 0 Å². The third kappa shape index (κ3) is 2.97. The second kappa shape index (κ2) is 4.81. The molecule has 0 fully saturated rings. The van der Waals surface area contributed by atoms with E-state index in [1.54, 1.807) is 6.92 Å². The summed E-state index contributed by atoms with van der Waals surface area (Å²) in [4.78, 5) is 0. The Hall–Kier alpha value is -1.53. The second-order valence-corrected chi connectivity index (χ2v) is 3.70. The van der Waals surface area contributed by atoms with E-state index >= 15 is 0 Å². The SMILES string of the molecule is Cc1cc([C@@H](C)N)ccc1OC(C)C#N. The molecule has 0 saturated carbocycles. The maximum atomic E-state index is 8.63. The van der Waals surface area contributed by atoms with Crippen LogP contribution in [-0.2, 0) is 0 Å². The average Bonchev–Trinajstić information content (AvgIpc) is 2.20. The number of nitriles is 1. The number of rotatable bonds is 3. The van der Waals surface area contributed by atoms with Gasteiger partial charge in [0.2, 0.25) is 0 Å². The average molecular weight is 204 g/mol. The zero-order valence-corrected chi connectivity index (χ0v) is 9.32. The second-order valence-electron chi connectivity index (χ2n) is 3.70. The first kappa shape index (κ1) is 11.5. The molecule has 0 aromatic heterocycles. The molecule has 2 N–H and O–H groups in total. The van der Waals surface area contributed by atoms with Gasteiger partial charge in [0.05, 0.1) is 0 Å². The summed E-state index contributed by atoms with van der Waals surface area (Å²) in [5.74, 6) is 0.744. The first-order chi connectivity index (χ1) is 7.04. The van der Waals surface area contributed by atoms with Gasteiger partial charge in [0.25, 0.3) is 0 Å². The van der Waals surface area contributed by atoms with Gasteiger partial charge in [-0.25, -0.2) is 0 Å². The molecule has 0 aliphatic rings. The highest BCUT2D eigenvalue weighted by Gasteiger charge is 2.07. The van der Waals surface area contributed by atoms with Gasteiger partial charge in [-0.15, -0.1) is 0 Å². The highest BCUT2D eigenvalue weighted by molar-refractivity contribution is 5.37. The molecule has 80 valence electrons. The Kier molecular flexibility index (Phi) is 3.70. The van der Waals surface area contributed by atoms with Crippen LogP contribution in [0, 0.1) is 18.3 Å². The van der Waals surface area contributed by atoms with Crippen molar-refractivity contribution in [2.75, 3.05) is 0 Å². The van der Waals surface area contributed by atoms with Crippen molar-refractivity contribution in [3.63, 3.8) is 0 Å². The molecular weight excluding hydrogens is 188 g/mol. The lowest BCUT2D eigenvalue weighted by Crippen LogP contribution is -2.10. The van der Waals surface area contributed by atoms with E-state index < -0.39 is 6.10 Å². The minimum atomic E-state index is -0.426. The van der Waals surface area contributed by atoms with Crippen molar-refractivity contribution in [3.8, 4) is 11.8 Å². The highest BCUT2D eigenvalue weighted by atomic mass is 16.5. The highest BCUT2D eigenvalue weighted by Crippen LogP contribution is 2.22. The van der Waals surface area contributed by atoms with E-state index in [4.69, 9.17) is 15.7 Å². The Morgan fingerprint density at radius 1 is 1.40 bits per heavy atom. The van der Waals surface area contributed by atoms with Gasteiger partial charge in [0.15, 0.2) is 6.10 Å². The number of benzene rings is 1. The summed E-state index contributed by atoms with van der Waals surface area (Å²) in [6.45, 7) is 5.61. The van der Waals surface area contributed by atoms with Crippen LogP contribution in [0.4, 0.5) is 0 Å². The third-order valence-electron chi connectivity index (χ3n) is 2.21. The normalized spacial score (nSPS) is 14.1. The fourth-order valence-electron chi connectivity index (χ4n) is 1.30. The van der Waals surface area contributed by atoms with E-state index in [1.165, 1.54) is 0 Å². The molecule has 2 atom stereocenters. The zero-order chi connectivity index (χ0) is 11.4. The van der Waals surface area contributed by atoms with Crippen LogP contribution in [0.5, 0.6) is 5.75 Å². The molecule has 0 amide bonds. The van der Waals surface area contributed by atoms with Gasteiger partial charge in [-0.3, -0.25) is 0 Å². The summed E-state index contributed by atoms with van der Waals surface area (Å²) in [5, 5.41) is 8.63. The smallest absolute Gasteiger partial charge is 0.181 e. The van der Waals surface area contributed by atoms with Crippen molar-refractivity contribution in [1.29, 1.82) is 5.26 Å². The van der Waals surface area contributed by atoms with Gasteiger partial charge < -0.3 is 10.5 Å². The van der Waals surface area contributed by atoms with Gasteiger partial charge in [-0.05, 0) is 38.0 Å². The van der Waals surface area contributed by atoms with Crippen molar-refractivity contribution in [2.24, 2.45) is 5.73 Å². The van der Waals surface area contributed by atoms with E-state index in [2.05, 4.69) is 0 Å². The lowest BCUT2D eigenvalue weighted by molar-refractivity contribution is 0.274. The predicted molar refractivity (Wildman–Crippen MR) is 59.5 cm³/mol. The van der Waals surface area contributed by atoms with Gasteiger partial charge in [0.1, 0.15) is 11.8 Å². The van der Waals surface area contributed by atoms with Crippen molar-refractivity contribution in [2.45, 2.75) is 32.9 Å². The number of nitrogens with two attached hydrogens (primary N) is 1. The maximum Gasteiger partial charge on any atom is 0.181 e. The Bertz CT molecular complexity index is 380. The van der Waals surface area contributed by atoms with Crippen LogP contribution in [0.25, 0.3) is 0 Å². The Morgan fingerprint density at radius 2 is 2.07 bits per heavy atom. The Labute approximate surface area is 90.5 Å². The predicted octanol–water partition coefficient (Wildman–Crippen LogP) is 2.31. The molecule has 0 spiro atoms. The number of aryl methyl sites for hydroxylation is 1. The first-order valence-corrected chi connectivity index (χ1v) is 4.97. The van der Waals surface area contributed by atoms with E-state index in [9.17, 15) is 0 Å². The molecule has 1 unspecified atom stereocenters. The van der Waals surface area contributed by atoms with Gasteiger partial charge >= 0.3 is 0 Å². The summed E-state index contributed by atoms with van der Waals surface area (Å²) in [5.41, 5.74) is 7.85. The number of hydrogen-bond donors (Lipinski definition) is 1. The van der Waals surface area contributed by atoms with Crippen LogP contribution in [0.15, 0.2) is 18.2 Å². The zero-order valence-electron chi connectivity index (χ0n) is 9.32. The number of ether oxygens (including phenoxy) is 1. The molecule has 0 radical (unpaired) electrons. The molecule has 1 rings (SSSR count). The van der Waals surface area contributed by atoms with Crippen molar-refractivity contribution in [1.82, 2.24) is 0 Å². The fraction of sp³-hybridized carbons (Fsp3) is 0.417. The van der Waals surface area contributed by atoms with E-state index in [0.29, 0.717) is 0 Å². The van der Waals surface area contributed by atoms with E-state index in [0.717, 1.165) is 16.9 Å². The molecule has 0 bridgehead atoms. The lowest BCUT2D eigenvalue weighted by Gasteiger charge is -2.13. The minimum Gasteiger partial charge on any atom is -0.476 e. The topological polar surface area (TPSA) is 59.0 Å². The molecule has 0 heterocycles. The maximum absolute atomic E-state index is 8.63. The van der Waals surface area contributed by atoms with Crippen LogP contribution in [0.3, 0.4) is 0 Å². The molecule has 1 aromatic carbocycles. The molecule has 0 aliphatic heterocycles. The van der Waals surface area contributed by atoms with Crippen molar-refractivity contribution < 1.29 is 4.74 Å². The molecular formula is C12H16N2O. The minimum absolute atomic E-state index is 0.0196. The van der Waals surface area contributed by atoms with Crippen LogP contribution in [0.1, 0.15) is 31.0 Å². The molecule has 1 aromatic rings. The number of hydrogen-bond acceptors (Lipinski definition) is 3. The number of nitrogens with zero attached hydrogens (tertiary/aromatic N) is 1. The van der Waals surface area contributed by atoms with Gasteiger partial charge in [0, 0.05) is 6.04 Å². The summed E-state index contributed by atoms with van der Waals surface area (Å²) >= 11 is 0. The molecule has 0 aliphatic carbocycles. The fourth-order valence-corrected chi connectivity index (χ4v) is 1.30. The summed E-state index contributed by atoms with van der Waals surface area (Å²) in [7, 11) is 0. The first-order valence-electron chi connectivity index (χ1n) is 4.97. The lowest BCUT2D eigenvalue weighted by atomic mass is 10.1. The summed E-state index contributed by atoms with van der Waals surface area (Å²) < 4.78 is 5.43. The van der Waals surface area contributed by atoms with Crippen molar-refractivity contribution in [3.05, 3.63) is 29.3 Å². The van der Waals surface area contributed by atoms with Gasteiger partial charge in [-0.2, -0.15) is 5.26 Å².